The van der Waals surface area contributed by atoms with Crippen molar-refractivity contribution in [2.24, 2.45) is 4.99 Å². The lowest BCUT2D eigenvalue weighted by molar-refractivity contribution is -0.161. The molecule has 0 amide bonds. The van der Waals surface area contributed by atoms with Gasteiger partial charge in [0.1, 0.15) is 0 Å². The van der Waals surface area contributed by atoms with E-state index in [0.717, 1.165) is 36.9 Å². The first-order valence-corrected chi connectivity index (χ1v) is 11.7. The standard InChI is InChI=1S/C26H26N4O3/c1-2-32-24(31)26(18-13-22-21(28-14-18)10-5-11-27-22)15-29-25(33-26)30-23-19-8-3-6-16(19)12-17-7-4-9-20(17)23/h5,10-14H,2-4,6-9,15H2,1H3,(H,29,30). The number of nitrogens with zero attached hydrogens (tertiary/aromatic N) is 3. The topological polar surface area (TPSA) is 85.7 Å². The minimum atomic E-state index is -1.38. The van der Waals surface area contributed by atoms with E-state index in [0.29, 0.717) is 17.1 Å². The third kappa shape index (κ3) is 3.25. The van der Waals surface area contributed by atoms with Crippen molar-refractivity contribution in [2.45, 2.75) is 51.0 Å². The molecule has 1 unspecified atom stereocenters. The predicted octanol–water partition coefficient (Wildman–Crippen LogP) is 3.86. The minimum Gasteiger partial charge on any atom is -0.463 e. The van der Waals surface area contributed by atoms with Crippen molar-refractivity contribution in [1.29, 1.82) is 0 Å². The normalized spacial score (nSPS) is 20.8. The first-order chi connectivity index (χ1) is 16.2. The average molecular weight is 443 g/mol. The highest BCUT2D eigenvalue weighted by molar-refractivity contribution is 5.97. The minimum absolute atomic E-state index is 0.130. The maximum atomic E-state index is 13.2. The number of carbonyl (C=O) groups is 1. The fraction of sp³-hybridized carbons (Fsp3) is 0.385. The Hall–Kier alpha value is -3.48. The summed E-state index contributed by atoms with van der Waals surface area (Å²) in [6.07, 6.45) is 10.1. The van der Waals surface area contributed by atoms with E-state index in [9.17, 15) is 4.79 Å². The van der Waals surface area contributed by atoms with E-state index in [2.05, 4.69) is 26.3 Å². The molecule has 0 saturated carbocycles. The molecule has 1 aromatic carbocycles. The second-order valence-electron chi connectivity index (χ2n) is 8.90. The second kappa shape index (κ2) is 7.83. The number of carbonyl (C=O) groups excluding carboxylic acids is 1. The summed E-state index contributed by atoms with van der Waals surface area (Å²) in [5.41, 5.74) is 7.40. The maximum Gasteiger partial charge on any atom is 0.357 e. The van der Waals surface area contributed by atoms with Gasteiger partial charge in [-0.1, -0.05) is 6.07 Å². The van der Waals surface area contributed by atoms with E-state index in [1.807, 2.05) is 18.2 Å². The predicted molar refractivity (Wildman–Crippen MR) is 125 cm³/mol. The third-order valence-corrected chi connectivity index (χ3v) is 6.94. The number of nitrogens with one attached hydrogen (secondary N) is 1. The number of esters is 1. The van der Waals surface area contributed by atoms with Gasteiger partial charge in [0.05, 0.1) is 24.2 Å². The van der Waals surface area contributed by atoms with Crippen molar-refractivity contribution < 1.29 is 14.3 Å². The Labute approximate surface area is 192 Å². The van der Waals surface area contributed by atoms with Gasteiger partial charge in [0.25, 0.3) is 11.6 Å². The van der Waals surface area contributed by atoms with Crippen molar-refractivity contribution in [2.75, 3.05) is 18.5 Å². The molecule has 0 bridgehead atoms. The van der Waals surface area contributed by atoms with Crippen LogP contribution >= 0.6 is 0 Å². The molecule has 1 N–H and O–H groups in total. The van der Waals surface area contributed by atoms with Crippen LogP contribution in [0.25, 0.3) is 11.0 Å². The van der Waals surface area contributed by atoms with Crippen LogP contribution in [0, 0.1) is 0 Å². The molecular weight excluding hydrogens is 416 g/mol. The third-order valence-electron chi connectivity index (χ3n) is 6.94. The summed E-state index contributed by atoms with van der Waals surface area (Å²) < 4.78 is 11.7. The quantitative estimate of drug-likeness (QED) is 0.618. The van der Waals surface area contributed by atoms with Crippen LogP contribution in [0.1, 0.15) is 47.6 Å². The summed E-state index contributed by atoms with van der Waals surface area (Å²) in [4.78, 5) is 26.7. The highest BCUT2D eigenvalue weighted by Crippen LogP contribution is 2.40. The first kappa shape index (κ1) is 20.1. The lowest BCUT2D eigenvalue weighted by Gasteiger charge is -2.26. The molecular formula is C26H26N4O3. The molecule has 1 atom stereocenters. The molecule has 168 valence electrons. The van der Waals surface area contributed by atoms with Crippen LogP contribution in [0.5, 0.6) is 0 Å². The van der Waals surface area contributed by atoms with E-state index >= 15 is 0 Å². The van der Waals surface area contributed by atoms with Gasteiger partial charge in [-0.15, -0.1) is 0 Å². The maximum absolute atomic E-state index is 13.2. The van der Waals surface area contributed by atoms with Gasteiger partial charge in [-0.05, 0) is 85.9 Å². The largest absolute Gasteiger partial charge is 0.463 e. The van der Waals surface area contributed by atoms with Gasteiger partial charge in [0, 0.05) is 23.6 Å². The van der Waals surface area contributed by atoms with Crippen LogP contribution in [-0.2, 0) is 45.6 Å². The van der Waals surface area contributed by atoms with E-state index < -0.39 is 11.6 Å². The number of pyridine rings is 2. The number of hydrogen-bond acceptors (Lipinski definition) is 7. The summed E-state index contributed by atoms with van der Waals surface area (Å²) in [7, 11) is 0. The summed E-state index contributed by atoms with van der Waals surface area (Å²) in [6.45, 7) is 2.18. The zero-order valence-corrected chi connectivity index (χ0v) is 18.7. The van der Waals surface area contributed by atoms with Crippen molar-refractivity contribution in [3.05, 3.63) is 64.5 Å². The van der Waals surface area contributed by atoms with Crippen LogP contribution in [-0.4, -0.2) is 35.1 Å². The summed E-state index contributed by atoms with van der Waals surface area (Å²) in [6, 6.07) is 8.32. The molecule has 2 aromatic heterocycles. The van der Waals surface area contributed by atoms with Crippen molar-refractivity contribution in [1.82, 2.24) is 9.97 Å². The number of aliphatic imine (C=N–C) groups is 1. The van der Waals surface area contributed by atoms with Crippen molar-refractivity contribution in [3.63, 3.8) is 0 Å². The number of anilines is 1. The number of ether oxygens (including phenoxy) is 2. The molecule has 0 spiro atoms. The number of fused-ring (bicyclic) bond motifs is 3. The summed E-state index contributed by atoms with van der Waals surface area (Å²) in [5, 5.41) is 3.48. The van der Waals surface area contributed by atoms with Crippen LogP contribution in [0.4, 0.5) is 5.69 Å². The van der Waals surface area contributed by atoms with Gasteiger partial charge in [-0.2, -0.15) is 0 Å². The van der Waals surface area contributed by atoms with Gasteiger partial charge in [-0.3, -0.25) is 9.97 Å². The van der Waals surface area contributed by atoms with Crippen LogP contribution in [0.2, 0.25) is 0 Å². The summed E-state index contributed by atoms with van der Waals surface area (Å²) >= 11 is 0. The zero-order chi connectivity index (χ0) is 22.4. The fourth-order valence-electron chi connectivity index (χ4n) is 5.35. The molecule has 3 aliphatic rings. The molecule has 0 saturated heterocycles. The van der Waals surface area contributed by atoms with Gasteiger partial charge < -0.3 is 14.8 Å². The number of benzene rings is 1. The molecule has 1 aliphatic heterocycles. The second-order valence-corrected chi connectivity index (χ2v) is 8.90. The van der Waals surface area contributed by atoms with E-state index in [-0.39, 0.29) is 13.2 Å². The van der Waals surface area contributed by atoms with Gasteiger partial charge >= 0.3 is 5.97 Å². The number of rotatable bonds is 4. The molecule has 33 heavy (non-hydrogen) atoms. The van der Waals surface area contributed by atoms with Crippen LogP contribution in [0.3, 0.4) is 0 Å². The Morgan fingerprint density at radius 3 is 2.64 bits per heavy atom. The van der Waals surface area contributed by atoms with E-state index in [1.165, 1.54) is 35.1 Å². The zero-order valence-electron chi connectivity index (χ0n) is 18.7. The summed E-state index contributed by atoms with van der Waals surface area (Å²) in [5.74, 6) is -0.467. The SMILES string of the molecule is CCOC(=O)C1(c2cnc3cccnc3c2)CN=C(Nc2c3c(cc4c2CCC4)CCC3)O1. The number of hydrogen-bond donors (Lipinski definition) is 1. The van der Waals surface area contributed by atoms with Crippen molar-refractivity contribution in [3.8, 4) is 0 Å². The number of aryl methyl sites for hydroxylation is 2. The lowest BCUT2D eigenvalue weighted by atomic mass is 9.95. The monoisotopic (exact) mass is 442 g/mol. The highest BCUT2D eigenvalue weighted by Gasteiger charge is 2.49. The van der Waals surface area contributed by atoms with Gasteiger partial charge in [-0.25, -0.2) is 9.79 Å². The Morgan fingerprint density at radius 1 is 1.09 bits per heavy atom. The molecule has 0 radical (unpaired) electrons. The van der Waals surface area contributed by atoms with Gasteiger partial charge in [0.15, 0.2) is 0 Å². The van der Waals surface area contributed by atoms with E-state index in [4.69, 9.17) is 9.47 Å². The number of amidine groups is 1. The molecule has 0 fully saturated rings. The van der Waals surface area contributed by atoms with Crippen LogP contribution in [0.15, 0.2) is 41.7 Å². The lowest BCUT2D eigenvalue weighted by Crippen LogP contribution is -2.42. The first-order valence-electron chi connectivity index (χ1n) is 11.7. The fourth-order valence-corrected chi connectivity index (χ4v) is 5.35. The Kier molecular flexibility index (Phi) is 4.78. The highest BCUT2D eigenvalue weighted by atomic mass is 16.6. The molecule has 3 heterocycles. The molecule has 6 rings (SSSR count). The molecule has 7 nitrogen and oxygen atoms in total. The van der Waals surface area contributed by atoms with Crippen molar-refractivity contribution >= 4 is 28.7 Å². The smallest absolute Gasteiger partial charge is 0.357 e. The number of aromatic nitrogens is 2. The average Bonchev–Trinajstić information content (AvgIpc) is 3.59. The molecule has 7 heteroatoms. The Morgan fingerprint density at radius 2 is 1.88 bits per heavy atom. The Bertz CT molecular complexity index is 1270. The van der Waals surface area contributed by atoms with Crippen LogP contribution < -0.4 is 5.32 Å². The molecule has 2 aliphatic carbocycles. The van der Waals surface area contributed by atoms with Gasteiger partial charge in [0.2, 0.25) is 0 Å². The Balaban J connectivity index is 1.36. The van der Waals surface area contributed by atoms with E-state index in [1.54, 1.807) is 19.3 Å². The molecule has 3 aromatic rings.